The summed E-state index contributed by atoms with van der Waals surface area (Å²) in [6.07, 6.45) is 1.95. The molecule has 7 nitrogen and oxygen atoms in total. The first-order chi connectivity index (χ1) is 10.3. The van der Waals surface area contributed by atoms with Crippen LogP contribution in [0.3, 0.4) is 0 Å². The summed E-state index contributed by atoms with van der Waals surface area (Å²) in [6, 6.07) is 1.75. The molecule has 22 heavy (non-hydrogen) atoms. The fraction of sp³-hybridized carbons (Fsp3) is 0.600. The maximum Gasteiger partial charge on any atom is 0.410 e. The van der Waals surface area contributed by atoms with E-state index in [0.717, 1.165) is 12.0 Å². The summed E-state index contributed by atoms with van der Waals surface area (Å²) in [7, 11) is 1.31. The van der Waals surface area contributed by atoms with Gasteiger partial charge in [-0.2, -0.15) is 5.10 Å². The van der Waals surface area contributed by atoms with Gasteiger partial charge in [0, 0.05) is 25.2 Å². The lowest BCUT2D eigenvalue weighted by Gasteiger charge is -2.24. The van der Waals surface area contributed by atoms with E-state index in [-0.39, 0.29) is 17.7 Å². The van der Waals surface area contributed by atoms with Crippen molar-refractivity contribution in [3.8, 4) is 0 Å². The van der Waals surface area contributed by atoms with Gasteiger partial charge >= 0.3 is 12.1 Å². The summed E-state index contributed by atoms with van der Waals surface area (Å²) in [5.74, 6) is -0.490. The van der Waals surface area contributed by atoms with Crippen LogP contribution in [0.1, 0.15) is 49.2 Å². The fourth-order valence-electron chi connectivity index (χ4n) is 2.43. The number of likely N-dealkylation sites (tertiary alicyclic amines) is 1. The van der Waals surface area contributed by atoms with Crippen molar-refractivity contribution in [3.63, 3.8) is 0 Å². The van der Waals surface area contributed by atoms with Crippen molar-refractivity contribution in [1.29, 1.82) is 0 Å². The highest BCUT2D eigenvalue weighted by Gasteiger charge is 2.33. The van der Waals surface area contributed by atoms with E-state index in [4.69, 9.17) is 9.47 Å². The zero-order chi connectivity index (χ0) is 16.3. The van der Waals surface area contributed by atoms with E-state index < -0.39 is 11.6 Å². The van der Waals surface area contributed by atoms with E-state index in [1.807, 2.05) is 20.8 Å². The van der Waals surface area contributed by atoms with Crippen LogP contribution < -0.4 is 0 Å². The molecule has 0 N–H and O–H groups in total. The predicted octanol–water partition coefficient (Wildman–Crippen LogP) is 1.99. The number of hydrogen-bond acceptors (Lipinski definition) is 6. The molecule has 1 fully saturated rings. The Morgan fingerprint density at radius 3 is 2.73 bits per heavy atom. The van der Waals surface area contributed by atoms with Crippen LogP contribution in [0.5, 0.6) is 0 Å². The molecule has 1 saturated heterocycles. The number of nitrogens with zero attached hydrogens (tertiary/aromatic N) is 3. The van der Waals surface area contributed by atoms with E-state index in [0.29, 0.717) is 13.1 Å². The predicted molar refractivity (Wildman–Crippen MR) is 78.5 cm³/mol. The summed E-state index contributed by atoms with van der Waals surface area (Å²) in [5, 5.41) is 7.60. The molecule has 1 aliphatic heterocycles. The minimum atomic E-state index is -0.523. The second-order valence-electron chi connectivity index (χ2n) is 6.24. The number of hydrogen-bond donors (Lipinski definition) is 0. The lowest BCUT2D eigenvalue weighted by atomic mass is 9.97. The standard InChI is InChI=1S/C15H21N3O4/c1-15(2,3)22-14(20)18-8-6-10(9-18)11-5-7-16-17-12(11)13(19)21-4/h5,7,10H,6,8-9H2,1-4H3. The van der Waals surface area contributed by atoms with Crippen molar-refractivity contribution in [2.45, 2.75) is 38.7 Å². The van der Waals surface area contributed by atoms with Gasteiger partial charge in [0.15, 0.2) is 5.69 Å². The van der Waals surface area contributed by atoms with Crippen LogP contribution in [-0.4, -0.2) is 53.0 Å². The molecule has 0 spiro atoms. The van der Waals surface area contributed by atoms with E-state index in [9.17, 15) is 9.59 Å². The molecular formula is C15H21N3O4. The fourth-order valence-corrected chi connectivity index (χ4v) is 2.43. The van der Waals surface area contributed by atoms with Crippen LogP contribution in [-0.2, 0) is 9.47 Å². The number of carbonyl (C=O) groups excluding carboxylic acids is 2. The lowest BCUT2D eigenvalue weighted by molar-refractivity contribution is 0.0292. The SMILES string of the molecule is COC(=O)c1nnccc1C1CCN(C(=O)OC(C)(C)C)C1. The molecule has 2 heterocycles. The molecule has 1 atom stereocenters. The van der Waals surface area contributed by atoms with Crippen LogP contribution >= 0.6 is 0 Å². The second-order valence-corrected chi connectivity index (χ2v) is 6.24. The lowest BCUT2D eigenvalue weighted by Crippen LogP contribution is -2.35. The molecule has 0 radical (unpaired) electrons. The smallest absolute Gasteiger partial charge is 0.410 e. The number of aromatic nitrogens is 2. The minimum Gasteiger partial charge on any atom is -0.464 e. The first-order valence-corrected chi connectivity index (χ1v) is 7.19. The van der Waals surface area contributed by atoms with Gasteiger partial charge in [0.1, 0.15) is 5.60 Å². The van der Waals surface area contributed by atoms with Crippen LogP contribution in [0, 0.1) is 0 Å². The van der Waals surface area contributed by atoms with Crippen molar-refractivity contribution in [2.75, 3.05) is 20.2 Å². The van der Waals surface area contributed by atoms with Gasteiger partial charge < -0.3 is 14.4 Å². The van der Waals surface area contributed by atoms with Crippen molar-refractivity contribution in [2.24, 2.45) is 0 Å². The molecule has 7 heteroatoms. The third kappa shape index (κ3) is 3.72. The van der Waals surface area contributed by atoms with Gasteiger partial charge in [-0.05, 0) is 38.8 Å². The maximum absolute atomic E-state index is 12.1. The van der Waals surface area contributed by atoms with Gasteiger partial charge in [-0.3, -0.25) is 0 Å². The highest BCUT2D eigenvalue weighted by atomic mass is 16.6. The molecule has 1 aromatic heterocycles. The van der Waals surface area contributed by atoms with E-state index >= 15 is 0 Å². The number of ether oxygens (including phenoxy) is 2. The molecule has 1 amide bonds. The summed E-state index contributed by atoms with van der Waals surface area (Å²) in [6.45, 7) is 6.58. The third-order valence-corrected chi connectivity index (χ3v) is 3.41. The van der Waals surface area contributed by atoms with Gasteiger partial charge in [0.05, 0.1) is 7.11 Å². The van der Waals surface area contributed by atoms with E-state index in [2.05, 4.69) is 10.2 Å². The molecule has 2 rings (SSSR count). The molecule has 0 bridgehead atoms. The Morgan fingerprint density at radius 2 is 2.09 bits per heavy atom. The summed E-state index contributed by atoms with van der Waals surface area (Å²) in [5.41, 5.74) is 0.443. The van der Waals surface area contributed by atoms with Gasteiger partial charge in [-0.1, -0.05) is 0 Å². The molecule has 0 saturated carbocycles. The second kappa shape index (κ2) is 6.29. The Kier molecular flexibility index (Phi) is 4.63. The average molecular weight is 307 g/mol. The molecule has 1 aliphatic rings. The first-order valence-electron chi connectivity index (χ1n) is 7.19. The molecule has 1 unspecified atom stereocenters. The van der Waals surface area contributed by atoms with Crippen LogP contribution in [0.2, 0.25) is 0 Å². The summed E-state index contributed by atoms with van der Waals surface area (Å²) < 4.78 is 10.1. The van der Waals surface area contributed by atoms with Gasteiger partial charge in [-0.25, -0.2) is 9.59 Å². The van der Waals surface area contributed by atoms with Gasteiger partial charge in [0.25, 0.3) is 0 Å². The molecule has 1 aromatic rings. The Balaban J connectivity index is 2.11. The normalized spacial score (nSPS) is 18.2. The topological polar surface area (TPSA) is 81.6 Å². The Hall–Kier alpha value is -2.18. The molecular weight excluding hydrogens is 286 g/mol. The van der Waals surface area contributed by atoms with Gasteiger partial charge in [0.2, 0.25) is 0 Å². The maximum atomic E-state index is 12.1. The van der Waals surface area contributed by atoms with Crippen molar-refractivity contribution in [3.05, 3.63) is 23.5 Å². The highest BCUT2D eigenvalue weighted by Crippen LogP contribution is 2.29. The number of rotatable bonds is 2. The number of esters is 1. The molecule has 0 aliphatic carbocycles. The largest absolute Gasteiger partial charge is 0.464 e. The van der Waals surface area contributed by atoms with Crippen LogP contribution in [0.15, 0.2) is 12.3 Å². The quantitative estimate of drug-likeness (QED) is 0.777. The first kappa shape index (κ1) is 16.2. The summed E-state index contributed by atoms with van der Waals surface area (Å²) in [4.78, 5) is 25.5. The Bertz CT molecular complexity index is 568. The van der Waals surface area contributed by atoms with Gasteiger partial charge in [-0.15, -0.1) is 5.10 Å². The van der Waals surface area contributed by atoms with Crippen molar-refractivity contribution in [1.82, 2.24) is 15.1 Å². The Labute approximate surface area is 129 Å². The zero-order valence-electron chi connectivity index (χ0n) is 13.3. The molecule has 120 valence electrons. The number of methoxy groups -OCH3 is 1. The highest BCUT2D eigenvalue weighted by molar-refractivity contribution is 5.88. The zero-order valence-corrected chi connectivity index (χ0v) is 13.3. The van der Waals surface area contributed by atoms with Crippen LogP contribution in [0.4, 0.5) is 4.79 Å². The molecule has 0 aromatic carbocycles. The minimum absolute atomic E-state index is 0.0251. The average Bonchev–Trinajstić information content (AvgIpc) is 2.94. The van der Waals surface area contributed by atoms with Crippen molar-refractivity contribution < 1.29 is 19.1 Å². The van der Waals surface area contributed by atoms with Crippen LogP contribution in [0.25, 0.3) is 0 Å². The Morgan fingerprint density at radius 1 is 1.36 bits per heavy atom. The van der Waals surface area contributed by atoms with E-state index in [1.54, 1.807) is 11.0 Å². The number of carbonyl (C=O) groups is 2. The number of amides is 1. The van der Waals surface area contributed by atoms with E-state index in [1.165, 1.54) is 13.3 Å². The summed E-state index contributed by atoms with van der Waals surface area (Å²) >= 11 is 0. The monoisotopic (exact) mass is 307 g/mol. The third-order valence-electron chi connectivity index (χ3n) is 3.41. The van der Waals surface area contributed by atoms with Crippen molar-refractivity contribution >= 4 is 12.1 Å².